The molecular weight excluding hydrogens is 328 g/mol. The van der Waals surface area contributed by atoms with Crippen molar-refractivity contribution in [1.82, 2.24) is 0 Å². The summed E-state index contributed by atoms with van der Waals surface area (Å²) in [6.45, 7) is 1.85. The predicted octanol–water partition coefficient (Wildman–Crippen LogP) is 3.48. The van der Waals surface area contributed by atoms with Crippen LogP contribution in [-0.2, 0) is 9.59 Å². The van der Waals surface area contributed by atoms with Gasteiger partial charge in [-0.25, -0.2) is 0 Å². The number of halogens is 1. The first-order valence-electron chi connectivity index (χ1n) is 7.71. The van der Waals surface area contributed by atoms with E-state index in [-0.39, 0.29) is 18.4 Å². The number of benzene rings is 2. The Kier molecular flexibility index (Phi) is 4.71. The quantitative estimate of drug-likeness (QED) is 0.923. The minimum atomic E-state index is -0.676. The molecule has 1 atom stereocenters. The topological polar surface area (TPSA) is 58.6 Å². The highest BCUT2D eigenvalue weighted by atomic mass is 35.5. The molecular formula is C18H17ClN2O3. The largest absolute Gasteiger partial charge is 0.481 e. The van der Waals surface area contributed by atoms with Gasteiger partial charge in [0.2, 0.25) is 5.91 Å². The first-order chi connectivity index (χ1) is 11.6. The zero-order valence-corrected chi connectivity index (χ0v) is 13.9. The van der Waals surface area contributed by atoms with Crippen LogP contribution in [0.4, 0.5) is 11.4 Å². The molecule has 24 heavy (non-hydrogen) atoms. The van der Waals surface area contributed by atoms with Gasteiger partial charge < -0.3 is 10.1 Å². The molecule has 0 spiro atoms. The van der Waals surface area contributed by atoms with Gasteiger partial charge in [0.1, 0.15) is 12.3 Å². The van der Waals surface area contributed by atoms with Crippen molar-refractivity contribution in [2.45, 2.75) is 19.4 Å². The molecule has 5 nitrogen and oxygen atoms in total. The maximum Gasteiger partial charge on any atom is 0.268 e. The van der Waals surface area contributed by atoms with Crippen molar-refractivity contribution >= 4 is 34.8 Å². The standard InChI is InChI=1S/C18H17ClN2O3/c1-2-16(24-13-9-7-12(19)8-10-13)18(23)21-11-17(22)20-14-5-3-4-6-15(14)21/h3-10,16H,2,11H2,1H3,(H,20,22)/t16-/m1/s1. The van der Waals surface area contributed by atoms with Gasteiger partial charge in [0.05, 0.1) is 11.4 Å². The van der Waals surface area contributed by atoms with Gasteiger partial charge in [-0.15, -0.1) is 0 Å². The summed E-state index contributed by atoms with van der Waals surface area (Å²) < 4.78 is 5.80. The monoisotopic (exact) mass is 344 g/mol. The van der Waals surface area contributed by atoms with Gasteiger partial charge in [0.15, 0.2) is 6.10 Å². The Balaban J connectivity index is 1.83. The number of para-hydroxylation sites is 2. The molecule has 0 aromatic heterocycles. The molecule has 0 aliphatic carbocycles. The molecule has 0 saturated heterocycles. The van der Waals surface area contributed by atoms with Crippen molar-refractivity contribution in [3.8, 4) is 5.75 Å². The molecule has 1 heterocycles. The molecule has 2 amide bonds. The van der Waals surface area contributed by atoms with E-state index in [1.54, 1.807) is 30.3 Å². The normalized spacial score (nSPS) is 14.6. The maximum absolute atomic E-state index is 12.9. The molecule has 2 aromatic rings. The lowest BCUT2D eigenvalue weighted by Gasteiger charge is -2.31. The van der Waals surface area contributed by atoms with Crippen LogP contribution in [0.2, 0.25) is 5.02 Å². The third-order valence-electron chi connectivity index (χ3n) is 3.77. The smallest absolute Gasteiger partial charge is 0.268 e. The lowest BCUT2D eigenvalue weighted by Crippen LogP contribution is -2.48. The van der Waals surface area contributed by atoms with Gasteiger partial charge in [0.25, 0.3) is 5.91 Å². The molecule has 0 unspecified atom stereocenters. The molecule has 1 aliphatic heterocycles. The van der Waals surface area contributed by atoms with Crippen molar-refractivity contribution in [2.24, 2.45) is 0 Å². The van der Waals surface area contributed by atoms with Crippen molar-refractivity contribution in [2.75, 3.05) is 16.8 Å². The Labute approximate surface area is 145 Å². The predicted molar refractivity (Wildman–Crippen MR) is 93.6 cm³/mol. The van der Waals surface area contributed by atoms with Gasteiger partial charge in [0, 0.05) is 5.02 Å². The molecule has 0 radical (unpaired) electrons. The van der Waals surface area contributed by atoms with Crippen molar-refractivity contribution in [3.63, 3.8) is 0 Å². The third kappa shape index (κ3) is 3.36. The molecule has 1 aliphatic rings. The molecule has 1 N–H and O–H groups in total. The number of nitrogens with one attached hydrogen (secondary N) is 1. The second-order valence-electron chi connectivity index (χ2n) is 5.46. The van der Waals surface area contributed by atoms with Gasteiger partial charge in [-0.05, 0) is 42.8 Å². The Morgan fingerprint density at radius 1 is 1.25 bits per heavy atom. The van der Waals surface area contributed by atoms with Gasteiger partial charge in [-0.1, -0.05) is 30.7 Å². The highest BCUT2D eigenvalue weighted by molar-refractivity contribution is 6.30. The second-order valence-corrected chi connectivity index (χ2v) is 5.89. The molecule has 0 fully saturated rings. The lowest BCUT2D eigenvalue weighted by molar-refractivity contribution is -0.127. The number of fused-ring (bicyclic) bond motifs is 1. The number of nitrogens with zero attached hydrogens (tertiary/aromatic N) is 1. The Bertz CT molecular complexity index is 761. The minimum absolute atomic E-state index is 0.0175. The number of ether oxygens (including phenoxy) is 1. The summed E-state index contributed by atoms with van der Waals surface area (Å²) in [5.41, 5.74) is 1.31. The van der Waals surface area contributed by atoms with E-state index < -0.39 is 6.10 Å². The van der Waals surface area contributed by atoms with Crippen LogP contribution in [0, 0.1) is 0 Å². The van der Waals surface area contributed by atoms with E-state index >= 15 is 0 Å². The van der Waals surface area contributed by atoms with Crippen LogP contribution >= 0.6 is 11.6 Å². The zero-order valence-electron chi connectivity index (χ0n) is 13.2. The van der Waals surface area contributed by atoms with Crippen LogP contribution in [0.25, 0.3) is 0 Å². The van der Waals surface area contributed by atoms with Gasteiger partial charge in [-0.3, -0.25) is 14.5 Å². The average Bonchev–Trinajstić information content (AvgIpc) is 2.60. The first kappa shape index (κ1) is 16.3. The molecule has 6 heteroatoms. The fourth-order valence-corrected chi connectivity index (χ4v) is 2.72. The van der Waals surface area contributed by atoms with Gasteiger partial charge >= 0.3 is 0 Å². The summed E-state index contributed by atoms with van der Waals surface area (Å²) >= 11 is 5.86. The summed E-state index contributed by atoms with van der Waals surface area (Å²) in [7, 11) is 0. The highest BCUT2D eigenvalue weighted by Gasteiger charge is 2.31. The number of carbonyl (C=O) groups excluding carboxylic acids is 2. The number of rotatable bonds is 4. The summed E-state index contributed by atoms with van der Waals surface area (Å²) in [6, 6.07) is 14.1. The number of carbonyl (C=O) groups is 2. The third-order valence-corrected chi connectivity index (χ3v) is 4.03. The summed E-state index contributed by atoms with van der Waals surface area (Å²) in [5.74, 6) is 0.104. The van der Waals surface area contributed by atoms with Crippen molar-refractivity contribution < 1.29 is 14.3 Å². The van der Waals surface area contributed by atoms with Gasteiger partial charge in [-0.2, -0.15) is 0 Å². The van der Waals surface area contributed by atoms with E-state index in [1.165, 1.54) is 4.90 Å². The van der Waals surface area contributed by atoms with Crippen LogP contribution in [-0.4, -0.2) is 24.5 Å². The summed E-state index contributed by atoms with van der Waals surface area (Å²) in [5, 5.41) is 3.37. The molecule has 2 aromatic carbocycles. The Morgan fingerprint density at radius 2 is 1.96 bits per heavy atom. The van der Waals surface area contributed by atoms with Crippen LogP contribution in [0.3, 0.4) is 0 Å². The first-order valence-corrected chi connectivity index (χ1v) is 8.08. The minimum Gasteiger partial charge on any atom is -0.481 e. The van der Waals surface area contributed by atoms with E-state index in [0.717, 1.165) is 0 Å². The number of amides is 2. The summed E-state index contributed by atoms with van der Waals surface area (Å²) in [6.07, 6.45) is -0.188. The average molecular weight is 345 g/mol. The zero-order chi connectivity index (χ0) is 17.1. The van der Waals surface area contributed by atoms with E-state index in [4.69, 9.17) is 16.3 Å². The van der Waals surface area contributed by atoms with E-state index in [2.05, 4.69) is 5.32 Å². The Morgan fingerprint density at radius 3 is 2.67 bits per heavy atom. The fourth-order valence-electron chi connectivity index (χ4n) is 2.59. The molecule has 124 valence electrons. The highest BCUT2D eigenvalue weighted by Crippen LogP contribution is 2.30. The number of hydrogen-bond donors (Lipinski definition) is 1. The summed E-state index contributed by atoms with van der Waals surface area (Å²) in [4.78, 5) is 26.3. The second kappa shape index (κ2) is 6.93. The lowest BCUT2D eigenvalue weighted by atomic mass is 10.1. The molecule has 3 rings (SSSR count). The van der Waals surface area contributed by atoms with Crippen LogP contribution in [0.5, 0.6) is 5.75 Å². The number of hydrogen-bond acceptors (Lipinski definition) is 3. The van der Waals surface area contributed by atoms with E-state index in [9.17, 15) is 9.59 Å². The molecule has 0 bridgehead atoms. The number of anilines is 2. The van der Waals surface area contributed by atoms with Crippen molar-refractivity contribution in [3.05, 3.63) is 53.6 Å². The van der Waals surface area contributed by atoms with Crippen LogP contribution in [0.1, 0.15) is 13.3 Å². The SMILES string of the molecule is CC[C@@H](Oc1ccc(Cl)cc1)C(=O)N1CC(=O)Nc2ccccc21. The maximum atomic E-state index is 12.9. The van der Waals surface area contributed by atoms with Crippen molar-refractivity contribution in [1.29, 1.82) is 0 Å². The van der Waals surface area contributed by atoms with E-state index in [1.807, 2.05) is 25.1 Å². The van der Waals surface area contributed by atoms with Crippen LogP contribution < -0.4 is 15.0 Å². The fraction of sp³-hybridized carbons (Fsp3) is 0.222. The van der Waals surface area contributed by atoms with E-state index in [0.29, 0.717) is 28.6 Å². The van der Waals surface area contributed by atoms with Crippen LogP contribution in [0.15, 0.2) is 48.5 Å². The molecule has 0 saturated carbocycles. The Hall–Kier alpha value is -2.53.